The first-order chi connectivity index (χ1) is 9.71. The number of nitrogens with zero attached hydrogens (tertiary/aromatic N) is 3. The van der Waals surface area contributed by atoms with Crippen LogP contribution in [-0.4, -0.2) is 34.3 Å². The molecule has 2 aromatic heterocycles. The Morgan fingerprint density at radius 3 is 2.81 bits per heavy atom. The smallest absolute Gasteiger partial charge is 0.325 e. The van der Waals surface area contributed by atoms with E-state index < -0.39 is 28.1 Å². The average molecular weight is 330 g/mol. The van der Waals surface area contributed by atoms with Gasteiger partial charge in [0.2, 0.25) is 10.0 Å². The minimum Gasteiger partial charge on any atom is -0.480 e. The lowest BCUT2D eigenvalue weighted by atomic mass is 10.1. The third-order valence-electron chi connectivity index (χ3n) is 2.57. The van der Waals surface area contributed by atoms with Crippen molar-refractivity contribution in [3.8, 4) is 0 Å². The Morgan fingerprint density at radius 1 is 1.52 bits per heavy atom. The average Bonchev–Trinajstić information content (AvgIpc) is 2.96. The topological polar surface area (TPSA) is 114 Å². The molecule has 2 rings (SSSR count). The van der Waals surface area contributed by atoms with Gasteiger partial charge < -0.3 is 5.11 Å². The number of nitrogens with one attached hydrogen (secondary N) is 1. The molecule has 114 valence electrons. The van der Waals surface area contributed by atoms with Crippen LogP contribution in [0.3, 0.4) is 0 Å². The fourth-order valence-corrected chi connectivity index (χ4v) is 3.79. The highest BCUT2D eigenvalue weighted by Gasteiger charge is 2.30. The second kappa shape index (κ2) is 5.54. The summed E-state index contributed by atoms with van der Waals surface area (Å²) in [5, 5.41) is 14.8. The zero-order chi connectivity index (χ0) is 15.7. The van der Waals surface area contributed by atoms with Crippen molar-refractivity contribution in [1.29, 1.82) is 0 Å². The normalized spacial score (nSPS) is 12.5. The summed E-state index contributed by atoms with van der Waals surface area (Å²) in [4.78, 5) is 14.6. The molecule has 0 atom stereocenters. The SMILES string of the molecule is CC(C)(NS(=O)(=O)c1cnn(CC(=O)O)c1)c1nccs1. The second-order valence-corrected chi connectivity index (χ2v) is 7.41. The summed E-state index contributed by atoms with van der Waals surface area (Å²) in [5.74, 6) is -1.10. The van der Waals surface area contributed by atoms with Gasteiger partial charge in [0.05, 0.1) is 11.7 Å². The highest BCUT2D eigenvalue weighted by atomic mass is 32.2. The quantitative estimate of drug-likeness (QED) is 0.803. The molecule has 0 aliphatic rings. The van der Waals surface area contributed by atoms with Crippen molar-refractivity contribution in [3.05, 3.63) is 29.0 Å². The van der Waals surface area contributed by atoms with E-state index in [1.54, 1.807) is 25.4 Å². The summed E-state index contributed by atoms with van der Waals surface area (Å²) in [6, 6.07) is 0. The summed E-state index contributed by atoms with van der Waals surface area (Å²) < 4.78 is 28.2. The van der Waals surface area contributed by atoms with Crippen molar-refractivity contribution < 1.29 is 18.3 Å². The van der Waals surface area contributed by atoms with Crippen LogP contribution in [0.1, 0.15) is 18.9 Å². The minimum absolute atomic E-state index is 0.0895. The summed E-state index contributed by atoms with van der Waals surface area (Å²) in [5.41, 5.74) is -0.873. The van der Waals surface area contributed by atoms with Crippen molar-refractivity contribution >= 4 is 27.3 Å². The summed E-state index contributed by atoms with van der Waals surface area (Å²) in [6.45, 7) is 3.00. The number of carbonyl (C=O) groups is 1. The third-order valence-corrected chi connectivity index (χ3v) is 5.28. The molecule has 0 bridgehead atoms. The number of sulfonamides is 1. The van der Waals surface area contributed by atoms with Gasteiger partial charge in [0.15, 0.2) is 0 Å². The maximum atomic E-state index is 12.3. The number of thiazole rings is 1. The largest absolute Gasteiger partial charge is 0.480 e. The molecule has 0 aromatic carbocycles. The van der Waals surface area contributed by atoms with Crippen LogP contribution in [0, 0.1) is 0 Å². The molecular formula is C11H14N4O4S2. The van der Waals surface area contributed by atoms with Crippen LogP contribution in [0.2, 0.25) is 0 Å². The molecule has 8 nitrogen and oxygen atoms in total. The zero-order valence-corrected chi connectivity index (χ0v) is 13.0. The molecule has 0 radical (unpaired) electrons. The van der Waals surface area contributed by atoms with Crippen molar-refractivity contribution in [2.45, 2.75) is 30.8 Å². The Bertz CT molecular complexity index is 734. The predicted molar refractivity (Wildman–Crippen MR) is 75.3 cm³/mol. The Labute approximate surface area is 125 Å². The van der Waals surface area contributed by atoms with Gasteiger partial charge in [-0.25, -0.2) is 13.4 Å². The van der Waals surface area contributed by atoms with Crippen LogP contribution in [0.4, 0.5) is 0 Å². The van der Waals surface area contributed by atoms with Gasteiger partial charge in [0.25, 0.3) is 0 Å². The molecule has 2 aromatic rings. The van der Waals surface area contributed by atoms with Crippen molar-refractivity contribution in [1.82, 2.24) is 19.5 Å². The number of rotatable bonds is 6. The molecule has 2 N–H and O–H groups in total. The van der Waals surface area contributed by atoms with E-state index in [0.29, 0.717) is 5.01 Å². The van der Waals surface area contributed by atoms with Crippen LogP contribution >= 0.6 is 11.3 Å². The Hall–Kier alpha value is -1.78. The predicted octanol–water partition coefficient (Wildman–Crippen LogP) is 0.638. The maximum absolute atomic E-state index is 12.3. The molecule has 0 saturated heterocycles. The first-order valence-electron chi connectivity index (χ1n) is 5.89. The summed E-state index contributed by atoms with van der Waals surface area (Å²) in [6.07, 6.45) is 3.89. The second-order valence-electron chi connectivity index (χ2n) is 4.84. The molecule has 2 heterocycles. The van der Waals surface area contributed by atoms with Crippen LogP contribution in [0.25, 0.3) is 0 Å². The van der Waals surface area contributed by atoms with E-state index in [4.69, 9.17) is 5.11 Å². The van der Waals surface area contributed by atoms with Crippen molar-refractivity contribution in [2.24, 2.45) is 0 Å². The molecule has 0 unspecified atom stereocenters. The standard InChI is InChI=1S/C11H14N4O4S2/c1-11(2,10-12-3-4-20-10)14-21(18,19)8-5-13-15(6-8)7-9(16)17/h3-6,14H,7H2,1-2H3,(H,16,17). The van der Waals surface area contributed by atoms with Gasteiger partial charge in [0, 0.05) is 17.8 Å². The number of hydrogen-bond acceptors (Lipinski definition) is 6. The van der Waals surface area contributed by atoms with Crippen LogP contribution in [0.5, 0.6) is 0 Å². The van der Waals surface area contributed by atoms with E-state index in [-0.39, 0.29) is 4.90 Å². The molecule has 0 aliphatic carbocycles. The lowest BCUT2D eigenvalue weighted by Gasteiger charge is -2.22. The monoisotopic (exact) mass is 330 g/mol. The number of carboxylic acids is 1. The molecule has 21 heavy (non-hydrogen) atoms. The zero-order valence-electron chi connectivity index (χ0n) is 11.3. The fraction of sp³-hybridized carbons (Fsp3) is 0.364. The fourth-order valence-electron chi connectivity index (χ4n) is 1.68. The number of aromatic nitrogens is 3. The first kappa shape index (κ1) is 15.6. The van der Waals surface area contributed by atoms with E-state index >= 15 is 0 Å². The van der Waals surface area contributed by atoms with Crippen molar-refractivity contribution in [2.75, 3.05) is 0 Å². The third kappa shape index (κ3) is 3.65. The number of aliphatic carboxylic acids is 1. The summed E-state index contributed by atoms with van der Waals surface area (Å²) >= 11 is 1.34. The van der Waals surface area contributed by atoms with Gasteiger partial charge in [-0.15, -0.1) is 11.3 Å². The molecule has 0 saturated carbocycles. The van der Waals surface area contributed by atoms with Gasteiger partial charge in [-0.05, 0) is 13.8 Å². The van der Waals surface area contributed by atoms with Gasteiger partial charge in [0.1, 0.15) is 16.4 Å². The van der Waals surface area contributed by atoms with E-state index in [0.717, 1.165) is 10.9 Å². The Morgan fingerprint density at radius 2 is 2.24 bits per heavy atom. The molecule has 0 fully saturated rings. The molecular weight excluding hydrogens is 316 g/mol. The number of hydrogen-bond donors (Lipinski definition) is 2. The number of carboxylic acid groups (broad SMARTS) is 1. The first-order valence-corrected chi connectivity index (χ1v) is 8.25. The molecule has 0 amide bonds. The minimum atomic E-state index is -3.82. The van der Waals surface area contributed by atoms with Gasteiger partial charge >= 0.3 is 5.97 Å². The van der Waals surface area contributed by atoms with Crippen LogP contribution in [-0.2, 0) is 26.9 Å². The highest BCUT2D eigenvalue weighted by molar-refractivity contribution is 7.89. The maximum Gasteiger partial charge on any atom is 0.325 e. The summed E-state index contributed by atoms with van der Waals surface area (Å²) in [7, 11) is -3.82. The van der Waals surface area contributed by atoms with E-state index in [9.17, 15) is 13.2 Å². The van der Waals surface area contributed by atoms with E-state index in [2.05, 4.69) is 14.8 Å². The van der Waals surface area contributed by atoms with Crippen LogP contribution in [0.15, 0.2) is 28.9 Å². The van der Waals surface area contributed by atoms with Gasteiger partial charge in [-0.2, -0.15) is 9.82 Å². The van der Waals surface area contributed by atoms with Crippen LogP contribution < -0.4 is 4.72 Å². The van der Waals surface area contributed by atoms with Gasteiger partial charge in [-0.3, -0.25) is 9.48 Å². The Kier molecular flexibility index (Phi) is 4.12. The van der Waals surface area contributed by atoms with Gasteiger partial charge in [-0.1, -0.05) is 0 Å². The van der Waals surface area contributed by atoms with E-state index in [1.165, 1.54) is 17.5 Å². The molecule has 10 heteroatoms. The lowest BCUT2D eigenvalue weighted by Crippen LogP contribution is -2.40. The Balaban J connectivity index is 2.22. The molecule has 0 aliphatic heterocycles. The van der Waals surface area contributed by atoms with Crippen molar-refractivity contribution in [3.63, 3.8) is 0 Å². The van der Waals surface area contributed by atoms with E-state index in [1.807, 2.05) is 0 Å². The molecule has 0 spiro atoms. The lowest BCUT2D eigenvalue weighted by molar-refractivity contribution is -0.137. The highest BCUT2D eigenvalue weighted by Crippen LogP contribution is 2.24.